The van der Waals surface area contributed by atoms with Crippen molar-refractivity contribution in [3.8, 4) is 0 Å². The van der Waals surface area contributed by atoms with Crippen molar-refractivity contribution in [1.29, 1.82) is 0 Å². The van der Waals surface area contributed by atoms with E-state index in [4.69, 9.17) is 28.3 Å². The van der Waals surface area contributed by atoms with Crippen LogP contribution < -0.4 is 5.56 Å². The second kappa shape index (κ2) is 9.64. The molecule has 3 rings (SSSR count). The molecule has 0 saturated heterocycles. The molecule has 1 aromatic heterocycles. The highest BCUT2D eigenvalue weighted by Crippen LogP contribution is 2.18. The molecule has 0 aliphatic heterocycles. The number of carboxylic acid groups (broad SMARTS) is 1. The maximum absolute atomic E-state index is 12.9. The fraction of sp³-hybridized carbons (Fsp3) is 0.0870. The van der Waals surface area contributed by atoms with Crippen molar-refractivity contribution < 1.29 is 19.8 Å². The van der Waals surface area contributed by atoms with E-state index in [0.717, 1.165) is 11.1 Å². The number of carbonyl (C=O) groups excluding carboxylic acids is 1. The number of ketones is 1. The van der Waals surface area contributed by atoms with E-state index in [-0.39, 0.29) is 12.1 Å². The van der Waals surface area contributed by atoms with Crippen molar-refractivity contribution >= 4 is 40.7 Å². The van der Waals surface area contributed by atoms with Gasteiger partial charge in [-0.15, -0.1) is 0 Å². The van der Waals surface area contributed by atoms with Crippen molar-refractivity contribution in [2.45, 2.75) is 13.0 Å². The van der Waals surface area contributed by atoms with Crippen molar-refractivity contribution in [3.05, 3.63) is 110 Å². The average molecular weight is 458 g/mol. The van der Waals surface area contributed by atoms with Crippen molar-refractivity contribution in [1.82, 2.24) is 4.57 Å². The first kappa shape index (κ1) is 22.3. The third kappa shape index (κ3) is 5.84. The molecule has 0 amide bonds. The summed E-state index contributed by atoms with van der Waals surface area (Å²) in [6.07, 6.45) is 2.57. The van der Waals surface area contributed by atoms with E-state index in [9.17, 15) is 19.5 Å². The van der Waals surface area contributed by atoms with Gasteiger partial charge in [-0.2, -0.15) is 0 Å². The van der Waals surface area contributed by atoms with E-state index in [0.29, 0.717) is 28.1 Å². The van der Waals surface area contributed by atoms with Crippen LogP contribution in [-0.4, -0.2) is 26.5 Å². The molecule has 0 aliphatic rings. The summed E-state index contributed by atoms with van der Waals surface area (Å²) in [5.41, 5.74) is 1.58. The minimum Gasteiger partial charge on any atom is -0.507 e. The summed E-state index contributed by atoms with van der Waals surface area (Å²) in [7, 11) is 0. The molecule has 0 saturated carbocycles. The second-order valence-electron chi connectivity index (χ2n) is 6.83. The molecule has 0 bridgehead atoms. The number of pyridine rings is 1. The number of hydrogen-bond donors (Lipinski definition) is 2. The molecule has 8 heteroatoms. The lowest BCUT2D eigenvalue weighted by Crippen LogP contribution is -2.25. The first-order valence-electron chi connectivity index (χ1n) is 9.13. The van der Waals surface area contributed by atoms with E-state index in [1.165, 1.54) is 10.6 Å². The first-order valence-corrected chi connectivity index (χ1v) is 9.89. The molecule has 0 atom stereocenters. The van der Waals surface area contributed by atoms with Crippen LogP contribution in [0.15, 0.2) is 71.7 Å². The number of rotatable bonds is 7. The molecular formula is C23H17Cl2NO5. The molecule has 6 nitrogen and oxygen atoms in total. The summed E-state index contributed by atoms with van der Waals surface area (Å²) >= 11 is 12.0. The fourth-order valence-corrected chi connectivity index (χ4v) is 3.37. The predicted octanol–water partition coefficient (Wildman–Crippen LogP) is 4.35. The highest BCUT2D eigenvalue weighted by molar-refractivity contribution is 6.38. The Morgan fingerprint density at radius 2 is 1.61 bits per heavy atom. The minimum atomic E-state index is -1.73. The molecule has 3 aromatic rings. The number of nitrogens with zero attached hydrogens (tertiary/aromatic N) is 1. The SMILES string of the molecule is O=C(O)C(=O)C=C(O)c1cc(Cc2cccc(Cl)c2)cn(Cc2ccc(Cl)cc2)c1=O. The van der Waals surface area contributed by atoms with E-state index < -0.39 is 23.1 Å². The number of hydrogen-bond acceptors (Lipinski definition) is 4. The summed E-state index contributed by atoms with van der Waals surface area (Å²) in [4.78, 5) is 35.3. The lowest BCUT2D eigenvalue weighted by molar-refractivity contribution is -0.146. The fourth-order valence-electron chi connectivity index (χ4n) is 3.03. The van der Waals surface area contributed by atoms with Crippen LogP contribution in [0, 0.1) is 0 Å². The van der Waals surface area contributed by atoms with Gasteiger partial charge in [0.15, 0.2) is 0 Å². The average Bonchev–Trinajstić information content (AvgIpc) is 2.71. The van der Waals surface area contributed by atoms with Gasteiger partial charge in [-0.05, 0) is 53.4 Å². The number of halogens is 2. The van der Waals surface area contributed by atoms with Gasteiger partial charge in [-0.25, -0.2) is 4.79 Å². The van der Waals surface area contributed by atoms with Gasteiger partial charge >= 0.3 is 5.97 Å². The minimum absolute atomic E-state index is 0.178. The number of benzene rings is 2. The lowest BCUT2D eigenvalue weighted by Gasteiger charge is -2.12. The molecule has 31 heavy (non-hydrogen) atoms. The lowest BCUT2D eigenvalue weighted by atomic mass is 10.0. The largest absolute Gasteiger partial charge is 0.507 e. The number of aromatic nitrogens is 1. The van der Waals surface area contributed by atoms with Gasteiger partial charge in [0.1, 0.15) is 5.76 Å². The van der Waals surface area contributed by atoms with Gasteiger partial charge in [0.25, 0.3) is 11.3 Å². The summed E-state index contributed by atoms with van der Waals surface area (Å²) in [6.45, 7) is 0.187. The number of aliphatic carboxylic acids is 1. The molecule has 0 aliphatic carbocycles. The van der Waals surface area contributed by atoms with Crippen LogP contribution in [0.25, 0.3) is 5.76 Å². The van der Waals surface area contributed by atoms with Gasteiger partial charge < -0.3 is 14.8 Å². The Balaban J connectivity index is 2.07. The number of carboxylic acids is 1. The normalized spacial score (nSPS) is 11.4. The maximum Gasteiger partial charge on any atom is 0.376 e. The monoisotopic (exact) mass is 457 g/mol. The molecule has 2 aromatic carbocycles. The number of aliphatic hydroxyl groups is 1. The third-order valence-electron chi connectivity index (χ3n) is 4.46. The molecule has 0 radical (unpaired) electrons. The quantitative estimate of drug-likeness (QED) is 0.312. The van der Waals surface area contributed by atoms with Crippen LogP contribution in [-0.2, 0) is 22.6 Å². The van der Waals surface area contributed by atoms with Crippen molar-refractivity contribution in [2.75, 3.05) is 0 Å². The second-order valence-corrected chi connectivity index (χ2v) is 7.70. The Kier molecular flexibility index (Phi) is 6.95. The maximum atomic E-state index is 12.9. The van der Waals surface area contributed by atoms with E-state index in [1.807, 2.05) is 6.07 Å². The van der Waals surface area contributed by atoms with Crippen LogP contribution in [0.2, 0.25) is 10.0 Å². The molecular weight excluding hydrogens is 441 g/mol. The van der Waals surface area contributed by atoms with Crippen LogP contribution in [0.1, 0.15) is 22.3 Å². The molecule has 158 valence electrons. The van der Waals surface area contributed by atoms with Crippen LogP contribution >= 0.6 is 23.2 Å². The smallest absolute Gasteiger partial charge is 0.376 e. The number of carbonyl (C=O) groups is 2. The zero-order valence-electron chi connectivity index (χ0n) is 16.1. The molecule has 2 N–H and O–H groups in total. The Morgan fingerprint density at radius 3 is 2.26 bits per heavy atom. The van der Waals surface area contributed by atoms with Gasteiger partial charge in [0.05, 0.1) is 12.1 Å². The summed E-state index contributed by atoms with van der Waals surface area (Å²) in [5, 5.41) is 20.2. The molecule has 0 spiro atoms. The van der Waals surface area contributed by atoms with Gasteiger partial charge in [0.2, 0.25) is 0 Å². The van der Waals surface area contributed by atoms with Gasteiger partial charge in [0, 0.05) is 22.3 Å². The predicted molar refractivity (Wildman–Crippen MR) is 119 cm³/mol. The highest BCUT2D eigenvalue weighted by atomic mass is 35.5. The van der Waals surface area contributed by atoms with E-state index in [1.54, 1.807) is 48.7 Å². The Bertz CT molecular complexity index is 1230. The zero-order chi connectivity index (χ0) is 22.5. The Hall–Kier alpha value is -3.35. The third-order valence-corrected chi connectivity index (χ3v) is 4.95. The number of aliphatic hydroxyl groups excluding tert-OH is 1. The van der Waals surface area contributed by atoms with E-state index in [2.05, 4.69) is 0 Å². The van der Waals surface area contributed by atoms with Crippen LogP contribution in [0.3, 0.4) is 0 Å². The zero-order valence-corrected chi connectivity index (χ0v) is 17.6. The molecule has 0 fully saturated rings. The highest BCUT2D eigenvalue weighted by Gasteiger charge is 2.16. The van der Waals surface area contributed by atoms with Gasteiger partial charge in [-0.1, -0.05) is 47.5 Å². The van der Waals surface area contributed by atoms with Gasteiger partial charge in [-0.3, -0.25) is 9.59 Å². The standard InChI is InChI=1S/C23H17Cl2NO5/c24-17-6-4-14(5-7-17)12-26-13-16(8-15-2-1-3-18(25)9-15)10-19(22(26)29)20(27)11-21(28)23(30)31/h1-7,9-11,13,27H,8,12H2,(H,30,31). The van der Waals surface area contributed by atoms with Crippen molar-refractivity contribution in [3.63, 3.8) is 0 Å². The summed E-state index contributed by atoms with van der Waals surface area (Å²) in [6, 6.07) is 15.5. The first-order chi connectivity index (χ1) is 14.7. The Labute approximate surface area is 187 Å². The van der Waals surface area contributed by atoms with Crippen LogP contribution in [0.4, 0.5) is 0 Å². The molecule has 0 unspecified atom stereocenters. The topological polar surface area (TPSA) is 96.6 Å². The van der Waals surface area contributed by atoms with E-state index >= 15 is 0 Å². The molecule has 1 heterocycles. The van der Waals surface area contributed by atoms with Crippen molar-refractivity contribution in [2.24, 2.45) is 0 Å². The van der Waals surface area contributed by atoms with Crippen LogP contribution in [0.5, 0.6) is 0 Å². The Morgan fingerprint density at radius 1 is 0.903 bits per heavy atom. The summed E-state index contributed by atoms with van der Waals surface area (Å²) in [5.74, 6) is -3.78. The summed E-state index contributed by atoms with van der Waals surface area (Å²) < 4.78 is 1.38.